The number of hydrogen-bond acceptors (Lipinski definition) is 4. The fourth-order valence-corrected chi connectivity index (χ4v) is 1.53. The standard InChI is InChI=1S/C12H12O4/c1-5-11(13)9(15-3)7-8-10(16-4)12(11,14)6-2/h1-2,7-8,13-14H,3-4H3. The van der Waals surface area contributed by atoms with Crippen molar-refractivity contribution in [2.45, 2.75) is 11.2 Å². The second kappa shape index (κ2) is 3.94. The Morgan fingerprint density at radius 1 is 1.00 bits per heavy atom. The highest BCUT2D eigenvalue weighted by atomic mass is 16.5. The van der Waals surface area contributed by atoms with Gasteiger partial charge in [0, 0.05) is 0 Å². The number of terminal acetylenes is 2. The molecule has 4 heteroatoms. The van der Waals surface area contributed by atoms with Crippen molar-refractivity contribution in [1.82, 2.24) is 0 Å². The highest BCUT2D eigenvalue weighted by molar-refractivity contribution is 5.50. The van der Waals surface area contributed by atoms with Crippen LogP contribution in [0.2, 0.25) is 0 Å². The predicted molar refractivity (Wildman–Crippen MR) is 57.7 cm³/mol. The van der Waals surface area contributed by atoms with Gasteiger partial charge in [0.2, 0.25) is 11.2 Å². The summed E-state index contributed by atoms with van der Waals surface area (Å²) < 4.78 is 9.80. The lowest BCUT2D eigenvalue weighted by molar-refractivity contribution is -0.0840. The van der Waals surface area contributed by atoms with Crippen LogP contribution >= 0.6 is 0 Å². The second-order valence-electron chi connectivity index (χ2n) is 3.18. The lowest BCUT2D eigenvalue weighted by Gasteiger charge is -2.39. The lowest BCUT2D eigenvalue weighted by atomic mass is 9.77. The van der Waals surface area contributed by atoms with E-state index in [1.54, 1.807) is 0 Å². The molecule has 0 radical (unpaired) electrons. The molecule has 0 aromatic rings. The highest BCUT2D eigenvalue weighted by Gasteiger charge is 2.56. The van der Waals surface area contributed by atoms with E-state index in [0.29, 0.717) is 0 Å². The average Bonchev–Trinajstić information content (AvgIpc) is 2.32. The molecule has 0 fully saturated rings. The van der Waals surface area contributed by atoms with Crippen LogP contribution in [0, 0.1) is 24.7 Å². The Morgan fingerprint density at radius 3 is 1.50 bits per heavy atom. The van der Waals surface area contributed by atoms with Crippen molar-refractivity contribution in [2.75, 3.05) is 14.2 Å². The van der Waals surface area contributed by atoms with Gasteiger partial charge in [-0.05, 0) is 12.2 Å². The quantitative estimate of drug-likeness (QED) is 0.632. The Hall–Kier alpha value is -1.88. The van der Waals surface area contributed by atoms with Crippen LogP contribution in [0.1, 0.15) is 0 Å². The van der Waals surface area contributed by atoms with Gasteiger partial charge in [-0.3, -0.25) is 0 Å². The summed E-state index contributed by atoms with van der Waals surface area (Å²) in [7, 11) is 2.63. The van der Waals surface area contributed by atoms with Crippen molar-refractivity contribution in [2.24, 2.45) is 0 Å². The molecule has 16 heavy (non-hydrogen) atoms. The van der Waals surface area contributed by atoms with Crippen LogP contribution in [-0.4, -0.2) is 35.6 Å². The molecular weight excluding hydrogens is 208 g/mol. The molecule has 0 spiro atoms. The van der Waals surface area contributed by atoms with E-state index in [0.717, 1.165) is 0 Å². The van der Waals surface area contributed by atoms with Gasteiger partial charge in [-0.1, -0.05) is 11.8 Å². The van der Waals surface area contributed by atoms with Crippen LogP contribution in [0.15, 0.2) is 23.7 Å². The van der Waals surface area contributed by atoms with E-state index in [-0.39, 0.29) is 11.5 Å². The molecule has 0 aromatic heterocycles. The molecule has 0 bridgehead atoms. The highest BCUT2D eigenvalue weighted by Crippen LogP contribution is 2.38. The first-order valence-corrected chi connectivity index (χ1v) is 4.41. The van der Waals surface area contributed by atoms with Crippen molar-refractivity contribution in [3.05, 3.63) is 23.7 Å². The van der Waals surface area contributed by atoms with E-state index >= 15 is 0 Å². The summed E-state index contributed by atoms with van der Waals surface area (Å²) in [4.78, 5) is 0. The van der Waals surface area contributed by atoms with E-state index in [2.05, 4.69) is 0 Å². The molecule has 0 saturated carbocycles. The minimum absolute atomic E-state index is 0.0174. The Bertz CT molecular complexity index is 393. The van der Waals surface area contributed by atoms with Gasteiger partial charge in [0.1, 0.15) is 11.5 Å². The maximum Gasteiger partial charge on any atom is 0.231 e. The third-order valence-corrected chi connectivity index (χ3v) is 2.48. The van der Waals surface area contributed by atoms with Gasteiger partial charge in [-0.25, -0.2) is 0 Å². The van der Waals surface area contributed by atoms with Crippen molar-refractivity contribution in [1.29, 1.82) is 0 Å². The first-order chi connectivity index (χ1) is 7.50. The largest absolute Gasteiger partial charge is 0.497 e. The first kappa shape index (κ1) is 12.2. The zero-order chi connectivity index (χ0) is 12.4. The van der Waals surface area contributed by atoms with Crippen molar-refractivity contribution >= 4 is 0 Å². The van der Waals surface area contributed by atoms with Crippen molar-refractivity contribution in [3.8, 4) is 24.7 Å². The molecule has 2 N–H and O–H groups in total. The van der Waals surface area contributed by atoms with E-state index in [4.69, 9.17) is 22.3 Å². The number of ether oxygens (including phenoxy) is 2. The second-order valence-corrected chi connectivity index (χ2v) is 3.18. The molecule has 0 aliphatic heterocycles. The third-order valence-electron chi connectivity index (χ3n) is 2.48. The SMILES string of the molecule is C#CC1(O)C(OC)=CC=C(OC)C1(O)C#C. The maximum atomic E-state index is 10.2. The van der Waals surface area contributed by atoms with Gasteiger partial charge in [-0.15, -0.1) is 12.8 Å². The summed E-state index contributed by atoms with van der Waals surface area (Å²) in [5, 5.41) is 20.4. The summed E-state index contributed by atoms with van der Waals surface area (Å²) in [6.07, 6.45) is 13.2. The molecule has 0 heterocycles. The van der Waals surface area contributed by atoms with Crippen LogP contribution in [0.4, 0.5) is 0 Å². The van der Waals surface area contributed by atoms with Gasteiger partial charge in [0.05, 0.1) is 14.2 Å². The number of rotatable bonds is 2. The smallest absolute Gasteiger partial charge is 0.231 e. The topological polar surface area (TPSA) is 58.9 Å². The summed E-state index contributed by atoms with van der Waals surface area (Å²) in [6, 6.07) is 0. The molecule has 2 unspecified atom stereocenters. The molecular formula is C12H12O4. The van der Waals surface area contributed by atoms with Crippen LogP contribution in [0.3, 0.4) is 0 Å². The van der Waals surface area contributed by atoms with E-state index in [9.17, 15) is 10.2 Å². The average molecular weight is 220 g/mol. The maximum absolute atomic E-state index is 10.2. The summed E-state index contributed by atoms with van der Waals surface area (Å²) in [5.41, 5.74) is -4.28. The summed E-state index contributed by atoms with van der Waals surface area (Å²) in [5.74, 6) is 4.04. The molecule has 0 saturated heterocycles. The van der Waals surface area contributed by atoms with Crippen LogP contribution < -0.4 is 0 Å². The van der Waals surface area contributed by atoms with Gasteiger partial charge in [0.25, 0.3) is 0 Å². The monoisotopic (exact) mass is 220 g/mol. The zero-order valence-electron chi connectivity index (χ0n) is 9.02. The van der Waals surface area contributed by atoms with Gasteiger partial charge in [-0.2, -0.15) is 0 Å². The molecule has 2 atom stereocenters. The van der Waals surface area contributed by atoms with E-state index < -0.39 is 11.2 Å². The summed E-state index contributed by atoms with van der Waals surface area (Å²) in [6.45, 7) is 0. The van der Waals surface area contributed by atoms with Crippen LogP contribution in [0.5, 0.6) is 0 Å². The molecule has 1 aliphatic carbocycles. The first-order valence-electron chi connectivity index (χ1n) is 4.41. The molecule has 1 rings (SSSR count). The fourth-order valence-electron chi connectivity index (χ4n) is 1.53. The Morgan fingerprint density at radius 2 is 1.31 bits per heavy atom. The number of hydrogen-bond donors (Lipinski definition) is 2. The normalized spacial score (nSPS) is 32.9. The molecule has 84 valence electrons. The zero-order valence-corrected chi connectivity index (χ0v) is 9.02. The minimum Gasteiger partial charge on any atom is -0.497 e. The number of aliphatic hydroxyl groups is 2. The van der Waals surface area contributed by atoms with Gasteiger partial charge >= 0.3 is 0 Å². The molecule has 4 nitrogen and oxygen atoms in total. The fraction of sp³-hybridized carbons (Fsp3) is 0.333. The van der Waals surface area contributed by atoms with Gasteiger partial charge < -0.3 is 19.7 Å². The van der Waals surface area contributed by atoms with E-state index in [1.165, 1.54) is 26.4 Å². The van der Waals surface area contributed by atoms with Crippen molar-refractivity contribution in [3.63, 3.8) is 0 Å². The number of methoxy groups -OCH3 is 2. The molecule has 0 aromatic carbocycles. The lowest BCUT2D eigenvalue weighted by Crippen LogP contribution is -2.57. The Balaban J connectivity index is 3.47. The van der Waals surface area contributed by atoms with Crippen LogP contribution in [-0.2, 0) is 9.47 Å². The van der Waals surface area contributed by atoms with Crippen molar-refractivity contribution < 1.29 is 19.7 Å². The van der Waals surface area contributed by atoms with Crippen LogP contribution in [0.25, 0.3) is 0 Å². The predicted octanol–water partition coefficient (Wildman–Crippen LogP) is -0.211. The minimum atomic E-state index is -2.14. The third kappa shape index (κ3) is 1.29. The molecule has 1 aliphatic rings. The van der Waals surface area contributed by atoms with E-state index in [1.807, 2.05) is 11.8 Å². The molecule has 0 amide bonds. The van der Waals surface area contributed by atoms with Gasteiger partial charge in [0.15, 0.2) is 0 Å². The summed E-state index contributed by atoms with van der Waals surface area (Å²) >= 11 is 0. The number of allylic oxidation sites excluding steroid dienone is 2. The Labute approximate surface area is 94.2 Å². The Kier molecular flexibility index (Phi) is 3.00.